The minimum absolute atomic E-state index is 0.0629. The maximum Gasteiger partial charge on any atom is 0.240 e. The van der Waals surface area contributed by atoms with Crippen LogP contribution in [0.25, 0.3) is 0 Å². The van der Waals surface area contributed by atoms with Gasteiger partial charge in [-0.05, 0) is 45.1 Å². The van der Waals surface area contributed by atoms with Crippen LogP contribution in [0.5, 0.6) is 0 Å². The summed E-state index contributed by atoms with van der Waals surface area (Å²) in [5, 5.41) is 2.29. The van der Waals surface area contributed by atoms with Crippen molar-refractivity contribution in [3.05, 3.63) is 24.0 Å². The molecule has 0 unspecified atom stereocenters. The van der Waals surface area contributed by atoms with Crippen LogP contribution in [0.4, 0.5) is 10.1 Å². The summed E-state index contributed by atoms with van der Waals surface area (Å²) in [7, 11) is 0.0616. The lowest BCUT2D eigenvalue weighted by atomic mass is 10.2. The Morgan fingerprint density at radius 3 is 2.61 bits per heavy atom. The molecule has 1 aromatic carbocycles. The van der Waals surface area contributed by atoms with Crippen molar-refractivity contribution in [2.45, 2.75) is 43.2 Å². The van der Waals surface area contributed by atoms with Crippen molar-refractivity contribution in [1.82, 2.24) is 9.62 Å². The number of hydrogen-bond acceptors (Lipinski definition) is 4. The Bertz CT molecular complexity index is 691. The molecule has 128 valence electrons. The van der Waals surface area contributed by atoms with E-state index in [4.69, 9.17) is 0 Å². The van der Waals surface area contributed by atoms with Crippen LogP contribution in [-0.2, 0) is 14.8 Å². The van der Waals surface area contributed by atoms with Crippen molar-refractivity contribution in [3.63, 3.8) is 0 Å². The van der Waals surface area contributed by atoms with Crippen LogP contribution < -0.4 is 10.0 Å². The van der Waals surface area contributed by atoms with Crippen LogP contribution in [0.1, 0.15) is 26.2 Å². The summed E-state index contributed by atoms with van der Waals surface area (Å²) in [6.45, 7) is 1.24. The summed E-state index contributed by atoms with van der Waals surface area (Å²) in [5.41, 5.74) is -0.143. The SMILES string of the molecule is CC(=O)Nc1cc(S(=O)(=O)N[C@@H]2CCC[C@H]2N(C)C)ccc1F. The zero-order chi connectivity index (χ0) is 17.2. The van der Waals surface area contributed by atoms with Crippen molar-refractivity contribution in [1.29, 1.82) is 0 Å². The minimum Gasteiger partial charge on any atom is -0.324 e. The van der Waals surface area contributed by atoms with Crippen LogP contribution in [0.15, 0.2) is 23.1 Å². The Morgan fingerprint density at radius 1 is 1.30 bits per heavy atom. The highest BCUT2D eigenvalue weighted by atomic mass is 32.2. The van der Waals surface area contributed by atoms with Crippen molar-refractivity contribution < 1.29 is 17.6 Å². The summed E-state index contributed by atoms with van der Waals surface area (Å²) in [6.07, 6.45) is 2.65. The summed E-state index contributed by atoms with van der Waals surface area (Å²) in [4.78, 5) is 13.0. The van der Waals surface area contributed by atoms with E-state index in [0.29, 0.717) is 0 Å². The van der Waals surface area contributed by atoms with E-state index in [-0.39, 0.29) is 22.7 Å². The molecule has 8 heteroatoms. The molecule has 0 saturated heterocycles. The van der Waals surface area contributed by atoms with Gasteiger partial charge in [-0.15, -0.1) is 0 Å². The second-order valence-electron chi connectivity index (χ2n) is 6.01. The Hall–Kier alpha value is -1.51. The number of hydrogen-bond donors (Lipinski definition) is 2. The van der Waals surface area contributed by atoms with Gasteiger partial charge in [0.05, 0.1) is 10.6 Å². The molecule has 2 N–H and O–H groups in total. The number of nitrogens with zero attached hydrogens (tertiary/aromatic N) is 1. The van der Waals surface area contributed by atoms with Gasteiger partial charge in [-0.25, -0.2) is 17.5 Å². The van der Waals surface area contributed by atoms with Crippen molar-refractivity contribution in [2.75, 3.05) is 19.4 Å². The van der Waals surface area contributed by atoms with Gasteiger partial charge in [-0.2, -0.15) is 0 Å². The monoisotopic (exact) mass is 343 g/mol. The molecule has 23 heavy (non-hydrogen) atoms. The normalized spacial score (nSPS) is 21.6. The molecule has 0 spiro atoms. The fourth-order valence-electron chi connectivity index (χ4n) is 2.92. The summed E-state index contributed by atoms with van der Waals surface area (Å²) < 4.78 is 41.4. The molecule has 0 radical (unpaired) electrons. The highest BCUT2D eigenvalue weighted by Crippen LogP contribution is 2.25. The van der Waals surface area contributed by atoms with E-state index in [0.717, 1.165) is 31.4 Å². The van der Waals surface area contributed by atoms with Gasteiger partial charge < -0.3 is 10.2 Å². The summed E-state index contributed by atoms with van der Waals surface area (Å²) in [5.74, 6) is -1.14. The number of anilines is 1. The standard InChI is InChI=1S/C15H22FN3O3S/c1-10(20)17-14-9-11(7-8-12(14)16)23(21,22)18-13-5-4-6-15(13)19(2)3/h7-9,13,15,18H,4-6H2,1-3H3,(H,17,20)/t13-,15-/m1/s1. The van der Waals surface area contributed by atoms with E-state index in [9.17, 15) is 17.6 Å². The first-order valence-corrected chi connectivity index (χ1v) is 8.95. The van der Waals surface area contributed by atoms with E-state index in [1.807, 2.05) is 19.0 Å². The van der Waals surface area contributed by atoms with E-state index in [1.165, 1.54) is 13.0 Å². The minimum atomic E-state index is -3.78. The van der Waals surface area contributed by atoms with E-state index >= 15 is 0 Å². The van der Waals surface area contributed by atoms with Gasteiger partial charge >= 0.3 is 0 Å². The lowest BCUT2D eigenvalue weighted by Crippen LogP contribution is -2.45. The van der Waals surface area contributed by atoms with Crippen LogP contribution in [0.3, 0.4) is 0 Å². The Balaban J connectivity index is 2.24. The molecule has 0 heterocycles. The molecule has 0 aromatic heterocycles. The van der Waals surface area contributed by atoms with Gasteiger partial charge in [0.25, 0.3) is 0 Å². The largest absolute Gasteiger partial charge is 0.324 e. The molecular weight excluding hydrogens is 321 g/mol. The van der Waals surface area contributed by atoms with Gasteiger partial charge in [-0.3, -0.25) is 4.79 Å². The Morgan fingerprint density at radius 2 is 2.00 bits per heavy atom. The highest BCUT2D eigenvalue weighted by molar-refractivity contribution is 7.89. The molecule has 2 atom stereocenters. The third-order valence-electron chi connectivity index (χ3n) is 4.01. The van der Waals surface area contributed by atoms with E-state index < -0.39 is 21.7 Å². The van der Waals surface area contributed by atoms with Crippen LogP contribution in [0.2, 0.25) is 0 Å². The number of carbonyl (C=O) groups is 1. The predicted molar refractivity (Wildman–Crippen MR) is 86.1 cm³/mol. The molecule has 0 aliphatic heterocycles. The zero-order valence-corrected chi connectivity index (χ0v) is 14.3. The smallest absolute Gasteiger partial charge is 0.240 e. The van der Waals surface area contributed by atoms with Gasteiger partial charge in [0, 0.05) is 19.0 Å². The first-order chi connectivity index (χ1) is 10.7. The maximum absolute atomic E-state index is 13.7. The first kappa shape index (κ1) is 17.8. The van der Waals surface area contributed by atoms with Crippen molar-refractivity contribution >= 4 is 21.6 Å². The lowest BCUT2D eigenvalue weighted by molar-refractivity contribution is -0.114. The molecule has 6 nitrogen and oxygen atoms in total. The van der Waals surface area contributed by atoms with Crippen molar-refractivity contribution in [2.24, 2.45) is 0 Å². The molecule has 1 aromatic rings. The Labute approximate surface area is 136 Å². The maximum atomic E-state index is 13.7. The van der Waals surface area contributed by atoms with Gasteiger partial charge in [0.2, 0.25) is 15.9 Å². The van der Waals surface area contributed by atoms with Gasteiger partial charge in [0.15, 0.2) is 0 Å². The summed E-state index contributed by atoms with van der Waals surface area (Å²) in [6, 6.07) is 3.34. The second kappa shape index (κ2) is 6.94. The zero-order valence-electron chi connectivity index (χ0n) is 13.5. The summed E-state index contributed by atoms with van der Waals surface area (Å²) >= 11 is 0. The van der Waals surface area contributed by atoms with Crippen LogP contribution in [0, 0.1) is 5.82 Å². The third-order valence-corrected chi connectivity index (χ3v) is 5.50. The molecular formula is C15H22FN3O3S. The topological polar surface area (TPSA) is 78.5 Å². The molecule has 1 amide bonds. The van der Waals surface area contributed by atoms with Crippen LogP contribution in [-0.4, -0.2) is 45.4 Å². The number of rotatable bonds is 5. The number of halogens is 1. The van der Waals surface area contributed by atoms with Gasteiger partial charge in [-0.1, -0.05) is 6.42 Å². The first-order valence-electron chi connectivity index (χ1n) is 7.46. The van der Waals surface area contributed by atoms with Crippen molar-refractivity contribution in [3.8, 4) is 0 Å². The molecule has 1 aliphatic carbocycles. The number of carbonyl (C=O) groups excluding carboxylic acids is 1. The quantitative estimate of drug-likeness (QED) is 0.850. The number of sulfonamides is 1. The third kappa shape index (κ3) is 4.27. The number of nitrogens with one attached hydrogen (secondary N) is 2. The fraction of sp³-hybridized carbons (Fsp3) is 0.533. The molecule has 0 bridgehead atoms. The number of likely N-dealkylation sites (N-methyl/N-ethyl adjacent to an activating group) is 1. The molecule has 2 rings (SSSR count). The lowest BCUT2D eigenvalue weighted by Gasteiger charge is -2.26. The second-order valence-corrected chi connectivity index (χ2v) is 7.73. The highest BCUT2D eigenvalue weighted by Gasteiger charge is 2.32. The average Bonchev–Trinajstić information content (AvgIpc) is 2.88. The molecule has 1 aliphatic rings. The molecule has 1 saturated carbocycles. The number of amides is 1. The molecule has 1 fully saturated rings. The Kier molecular flexibility index (Phi) is 5.38. The van der Waals surface area contributed by atoms with Crippen LogP contribution >= 0.6 is 0 Å². The van der Waals surface area contributed by atoms with E-state index in [2.05, 4.69) is 10.0 Å². The van der Waals surface area contributed by atoms with E-state index in [1.54, 1.807) is 0 Å². The predicted octanol–water partition coefficient (Wildman–Crippen LogP) is 1.55. The average molecular weight is 343 g/mol. The van der Waals surface area contributed by atoms with Gasteiger partial charge in [0.1, 0.15) is 5.82 Å². The number of benzene rings is 1. The fourth-order valence-corrected chi connectivity index (χ4v) is 4.25.